The average molecular weight is 327 g/mol. The predicted octanol–water partition coefficient (Wildman–Crippen LogP) is 1.94. The Balaban J connectivity index is 1.51. The van der Waals surface area contributed by atoms with Gasteiger partial charge in [0.05, 0.1) is 5.56 Å². The molecule has 1 aromatic rings. The number of carbonyl (C=O) groups is 1. The van der Waals surface area contributed by atoms with Gasteiger partial charge in [0.2, 0.25) is 0 Å². The Morgan fingerprint density at radius 2 is 1.42 bits per heavy atom. The summed E-state index contributed by atoms with van der Waals surface area (Å²) in [5, 5.41) is 18.3. The molecular weight excluding hydrogens is 303 g/mol. The van der Waals surface area contributed by atoms with E-state index in [0.29, 0.717) is 5.56 Å². The summed E-state index contributed by atoms with van der Waals surface area (Å²) in [5.41, 5.74) is 1.44. The summed E-state index contributed by atoms with van der Waals surface area (Å²) >= 11 is 0. The van der Waals surface area contributed by atoms with Crippen LogP contribution in [0.5, 0.6) is 0 Å². The molecule has 1 aromatic carbocycles. The van der Waals surface area contributed by atoms with Crippen molar-refractivity contribution in [3.63, 3.8) is 0 Å². The topological polar surface area (TPSA) is 64.0 Å². The third-order valence-corrected chi connectivity index (χ3v) is 5.55. The summed E-state index contributed by atoms with van der Waals surface area (Å²) in [6, 6.07) is 7.16. The van der Waals surface area contributed by atoms with E-state index in [-0.39, 0.29) is 5.77 Å². The number of carboxylic acids is 1. The van der Waals surface area contributed by atoms with Gasteiger partial charge in [-0.2, -0.15) is 0 Å². The molecule has 0 atom stereocenters. The van der Waals surface area contributed by atoms with Gasteiger partial charge in [0, 0.05) is 0 Å². The van der Waals surface area contributed by atoms with E-state index in [2.05, 4.69) is 4.90 Å². The molecule has 6 heteroatoms. The molecule has 0 amide bonds. The monoisotopic (exact) mass is 327 g/mol. The van der Waals surface area contributed by atoms with E-state index in [1.54, 1.807) is 12.1 Å². The van der Waals surface area contributed by atoms with Crippen molar-refractivity contribution >= 4 is 24.9 Å². The minimum absolute atomic E-state index is 0.0481. The first-order valence-electron chi connectivity index (χ1n) is 8.69. The molecule has 0 spiro atoms. The van der Waals surface area contributed by atoms with Crippen LogP contribution in [0.2, 0.25) is 0 Å². The Morgan fingerprint density at radius 3 is 1.88 bits per heavy atom. The van der Waals surface area contributed by atoms with Crippen molar-refractivity contribution < 1.29 is 15.0 Å². The Kier molecular flexibility index (Phi) is 5.12. The van der Waals surface area contributed by atoms with Gasteiger partial charge in [0.25, 0.3) is 0 Å². The number of hydrogen-bond donors (Lipinski definition) is 2. The fourth-order valence-corrected chi connectivity index (χ4v) is 4.04. The molecule has 1 radical (unpaired) electrons. The van der Waals surface area contributed by atoms with E-state index in [0.717, 1.165) is 56.5 Å². The van der Waals surface area contributed by atoms with Gasteiger partial charge in [-0.25, -0.2) is 4.79 Å². The maximum atomic E-state index is 10.9. The van der Waals surface area contributed by atoms with Crippen LogP contribution in [0.25, 0.3) is 0 Å². The second-order valence-corrected chi connectivity index (χ2v) is 6.86. The van der Waals surface area contributed by atoms with Crippen molar-refractivity contribution in [2.24, 2.45) is 11.8 Å². The first-order chi connectivity index (χ1) is 11.5. The van der Waals surface area contributed by atoms with E-state index < -0.39 is 5.97 Å². The van der Waals surface area contributed by atoms with E-state index in [1.165, 1.54) is 12.8 Å². The molecule has 2 fully saturated rings. The summed E-state index contributed by atoms with van der Waals surface area (Å²) < 4.78 is 0. The SMILES string of the molecule is [B]=C(O)N1CCC(C2CCN(c3ccc(C(=O)O)cc3)CC2)CC1. The van der Waals surface area contributed by atoms with E-state index >= 15 is 0 Å². The summed E-state index contributed by atoms with van der Waals surface area (Å²) in [6.45, 7) is 3.74. The second kappa shape index (κ2) is 7.28. The van der Waals surface area contributed by atoms with Gasteiger partial charge in [-0.3, -0.25) is 0 Å². The predicted molar refractivity (Wildman–Crippen MR) is 95.3 cm³/mol. The molecule has 127 valence electrons. The molecule has 3 rings (SSSR count). The third-order valence-electron chi connectivity index (χ3n) is 5.55. The molecule has 24 heavy (non-hydrogen) atoms. The number of aliphatic hydroxyl groups is 1. The molecule has 0 aliphatic carbocycles. The quantitative estimate of drug-likeness (QED) is 0.828. The zero-order valence-corrected chi connectivity index (χ0v) is 13.9. The number of anilines is 1. The number of benzene rings is 1. The van der Waals surface area contributed by atoms with Gasteiger partial charge in [-0.05, 0) is 0 Å². The van der Waals surface area contributed by atoms with Crippen LogP contribution in [0.1, 0.15) is 36.0 Å². The van der Waals surface area contributed by atoms with E-state index in [4.69, 9.17) is 12.6 Å². The average Bonchev–Trinajstić information content (AvgIpc) is 2.62. The molecule has 0 unspecified atom stereocenters. The molecule has 2 saturated heterocycles. The summed E-state index contributed by atoms with van der Waals surface area (Å²) in [5.74, 6) is 0.527. The van der Waals surface area contributed by atoms with Crippen molar-refractivity contribution in [2.75, 3.05) is 31.1 Å². The summed E-state index contributed by atoms with van der Waals surface area (Å²) in [4.78, 5) is 15.1. The Bertz CT molecular complexity index is 589. The third kappa shape index (κ3) is 3.74. The first-order valence-corrected chi connectivity index (χ1v) is 8.69. The Hall–Kier alpha value is -1.98. The normalized spacial score (nSPS) is 20.1. The molecule has 0 bridgehead atoms. The van der Waals surface area contributed by atoms with Gasteiger partial charge in [-0.15, -0.1) is 0 Å². The van der Waals surface area contributed by atoms with Crippen LogP contribution < -0.4 is 4.90 Å². The van der Waals surface area contributed by atoms with Crippen molar-refractivity contribution in [1.82, 2.24) is 4.90 Å². The first kappa shape index (κ1) is 16.9. The van der Waals surface area contributed by atoms with Crippen LogP contribution >= 0.6 is 0 Å². The molecule has 0 saturated carbocycles. The van der Waals surface area contributed by atoms with Gasteiger partial charge in [-0.1, -0.05) is 0 Å². The fourth-order valence-electron chi connectivity index (χ4n) is 4.04. The molecule has 2 heterocycles. The zero-order valence-electron chi connectivity index (χ0n) is 13.9. The van der Waals surface area contributed by atoms with Crippen LogP contribution in [0.4, 0.5) is 5.69 Å². The Labute approximate surface area is 144 Å². The molecular formula is C18H24BN2O3. The maximum absolute atomic E-state index is 10.9. The molecule has 2 N–H and O–H groups in total. The van der Waals surface area contributed by atoms with Gasteiger partial charge >= 0.3 is 128 Å². The van der Waals surface area contributed by atoms with Crippen LogP contribution in [0.15, 0.2) is 24.3 Å². The van der Waals surface area contributed by atoms with E-state index in [1.807, 2.05) is 17.0 Å². The van der Waals surface area contributed by atoms with Crippen molar-refractivity contribution in [3.8, 4) is 0 Å². The van der Waals surface area contributed by atoms with Crippen LogP contribution in [0.3, 0.4) is 0 Å². The van der Waals surface area contributed by atoms with Gasteiger partial charge < -0.3 is 5.11 Å². The van der Waals surface area contributed by atoms with Crippen molar-refractivity contribution in [3.05, 3.63) is 29.8 Å². The van der Waals surface area contributed by atoms with Crippen molar-refractivity contribution in [1.29, 1.82) is 0 Å². The molecule has 2 aliphatic rings. The van der Waals surface area contributed by atoms with Crippen LogP contribution in [-0.2, 0) is 0 Å². The number of aromatic carboxylic acids is 1. The number of aliphatic hydroxyl groups excluding tert-OH is 1. The standard InChI is InChI=1S/C18H24BN2O3/c19-18(24)21-11-7-14(8-12-21)13-5-9-20(10-6-13)16-3-1-15(2-4-16)17(22)23/h1-4,13-14,24H,5-12H2,(H,22,23). The van der Waals surface area contributed by atoms with E-state index in [9.17, 15) is 9.90 Å². The fraction of sp³-hybridized carbons (Fsp3) is 0.556. The van der Waals surface area contributed by atoms with Crippen LogP contribution in [0, 0.1) is 11.8 Å². The molecule has 0 aromatic heterocycles. The summed E-state index contributed by atoms with van der Waals surface area (Å²) in [7, 11) is 5.46. The summed E-state index contributed by atoms with van der Waals surface area (Å²) in [6.07, 6.45) is 4.53. The second-order valence-electron chi connectivity index (χ2n) is 6.86. The molecule has 5 nitrogen and oxygen atoms in total. The number of rotatable bonds is 4. The number of carboxylic acid groups (broad SMARTS) is 1. The number of likely N-dealkylation sites (tertiary alicyclic amines) is 1. The van der Waals surface area contributed by atoms with Crippen LogP contribution in [-0.4, -0.2) is 60.5 Å². The molecule has 2 aliphatic heterocycles. The number of piperidine rings is 2. The van der Waals surface area contributed by atoms with Gasteiger partial charge in [0.1, 0.15) is 0 Å². The van der Waals surface area contributed by atoms with Gasteiger partial charge in [0.15, 0.2) is 0 Å². The number of nitrogens with zero attached hydrogens (tertiary/aromatic N) is 2. The van der Waals surface area contributed by atoms with Crippen molar-refractivity contribution in [2.45, 2.75) is 25.7 Å². The zero-order chi connectivity index (χ0) is 17.1. The minimum atomic E-state index is -0.882. The number of hydrogen-bond acceptors (Lipinski definition) is 4. The Morgan fingerprint density at radius 1 is 0.917 bits per heavy atom.